The van der Waals surface area contributed by atoms with Crippen LogP contribution in [0, 0.1) is 33.6 Å². The number of hydrogen-bond donors (Lipinski definition) is 1. The van der Waals surface area contributed by atoms with Crippen LogP contribution in [0.3, 0.4) is 0 Å². The summed E-state index contributed by atoms with van der Waals surface area (Å²) in [6.45, 7) is 8.26. The van der Waals surface area contributed by atoms with Crippen molar-refractivity contribution in [2.45, 2.75) is 34.1 Å². The molecule has 1 aliphatic rings. The lowest BCUT2D eigenvalue weighted by Gasteiger charge is -2.20. The topological polar surface area (TPSA) is 49.4 Å². The molecule has 2 aromatic carbocycles. The van der Waals surface area contributed by atoms with Crippen LogP contribution in [-0.2, 0) is 9.59 Å². The van der Waals surface area contributed by atoms with Gasteiger partial charge in [-0.1, -0.05) is 35.4 Å². The molecule has 1 aliphatic heterocycles. The number of aryl methyl sites for hydroxylation is 3. The van der Waals surface area contributed by atoms with Crippen molar-refractivity contribution in [3.63, 3.8) is 0 Å². The SMILES string of the molecule is Cc1cc(C)c(NC(=O)[C@@H]2CC(=O)N(c3cccc(Cl)c3C)C2)c(C)c1. The second kappa shape index (κ2) is 7.12. The van der Waals surface area contributed by atoms with E-state index in [4.69, 9.17) is 11.6 Å². The van der Waals surface area contributed by atoms with Gasteiger partial charge in [0.1, 0.15) is 0 Å². The Kier molecular flexibility index (Phi) is 5.05. The predicted octanol–water partition coefficient (Wildman–Crippen LogP) is 4.57. The Morgan fingerprint density at radius 2 is 1.81 bits per heavy atom. The predicted molar refractivity (Wildman–Crippen MR) is 106 cm³/mol. The van der Waals surface area contributed by atoms with Crippen LogP contribution in [0.5, 0.6) is 0 Å². The quantitative estimate of drug-likeness (QED) is 0.860. The third-order valence-electron chi connectivity index (χ3n) is 4.95. The average Bonchev–Trinajstić information content (AvgIpc) is 2.95. The van der Waals surface area contributed by atoms with E-state index in [1.807, 2.05) is 52.0 Å². The highest BCUT2D eigenvalue weighted by molar-refractivity contribution is 6.31. The monoisotopic (exact) mass is 370 g/mol. The van der Waals surface area contributed by atoms with Gasteiger partial charge in [0.25, 0.3) is 0 Å². The highest BCUT2D eigenvalue weighted by Crippen LogP contribution is 2.32. The van der Waals surface area contributed by atoms with Crippen LogP contribution in [0.15, 0.2) is 30.3 Å². The fourth-order valence-electron chi connectivity index (χ4n) is 3.61. The maximum Gasteiger partial charge on any atom is 0.229 e. The van der Waals surface area contributed by atoms with Crippen molar-refractivity contribution in [1.82, 2.24) is 0 Å². The molecule has 2 amide bonds. The zero-order valence-corrected chi connectivity index (χ0v) is 16.3. The van der Waals surface area contributed by atoms with Gasteiger partial charge in [-0.2, -0.15) is 0 Å². The van der Waals surface area contributed by atoms with Crippen LogP contribution in [0.2, 0.25) is 5.02 Å². The summed E-state index contributed by atoms with van der Waals surface area (Å²) in [6, 6.07) is 9.58. The molecule has 0 bridgehead atoms. The van der Waals surface area contributed by atoms with Crippen molar-refractivity contribution in [1.29, 1.82) is 0 Å². The maximum atomic E-state index is 12.8. The zero-order chi connectivity index (χ0) is 19.0. The van der Waals surface area contributed by atoms with E-state index in [-0.39, 0.29) is 24.2 Å². The van der Waals surface area contributed by atoms with E-state index in [0.717, 1.165) is 33.6 Å². The molecule has 0 unspecified atom stereocenters. The molecule has 5 heteroatoms. The molecule has 2 aromatic rings. The molecule has 3 rings (SSSR count). The van der Waals surface area contributed by atoms with Crippen LogP contribution in [0.4, 0.5) is 11.4 Å². The first kappa shape index (κ1) is 18.5. The second-order valence-corrected chi connectivity index (χ2v) is 7.46. The lowest BCUT2D eigenvalue weighted by Crippen LogP contribution is -2.29. The molecular weight excluding hydrogens is 348 g/mol. The molecule has 0 aromatic heterocycles. The summed E-state index contributed by atoms with van der Waals surface area (Å²) in [6.07, 6.45) is 0.210. The number of rotatable bonds is 3. The Labute approximate surface area is 159 Å². The van der Waals surface area contributed by atoms with Crippen LogP contribution < -0.4 is 10.2 Å². The molecule has 1 saturated heterocycles. The third kappa shape index (κ3) is 3.47. The molecule has 136 valence electrons. The minimum atomic E-state index is -0.374. The van der Waals surface area contributed by atoms with Gasteiger partial charge in [-0.3, -0.25) is 9.59 Å². The van der Waals surface area contributed by atoms with Crippen LogP contribution in [-0.4, -0.2) is 18.4 Å². The van der Waals surface area contributed by atoms with E-state index < -0.39 is 0 Å². The molecule has 26 heavy (non-hydrogen) atoms. The molecule has 1 atom stereocenters. The first-order valence-electron chi connectivity index (χ1n) is 8.72. The van der Waals surface area contributed by atoms with E-state index in [1.165, 1.54) is 0 Å². The van der Waals surface area contributed by atoms with E-state index in [2.05, 4.69) is 5.32 Å². The number of anilines is 2. The van der Waals surface area contributed by atoms with Gasteiger partial charge in [-0.25, -0.2) is 0 Å². The summed E-state index contributed by atoms with van der Waals surface area (Å²) in [5, 5.41) is 3.64. The van der Waals surface area contributed by atoms with E-state index in [1.54, 1.807) is 11.0 Å². The summed E-state index contributed by atoms with van der Waals surface area (Å²) in [4.78, 5) is 26.9. The second-order valence-electron chi connectivity index (χ2n) is 7.05. The Morgan fingerprint density at radius 1 is 1.15 bits per heavy atom. The molecule has 1 heterocycles. The maximum absolute atomic E-state index is 12.8. The lowest BCUT2D eigenvalue weighted by molar-refractivity contribution is -0.122. The number of nitrogens with one attached hydrogen (secondary N) is 1. The fourth-order valence-corrected chi connectivity index (χ4v) is 3.78. The summed E-state index contributed by atoms with van der Waals surface area (Å²) < 4.78 is 0. The summed E-state index contributed by atoms with van der Waals surface area (Å²) in [5.74, 6) is -0.538. The number of nitrogens with zero attached hydrogens (tertiary/aromatic N) is 1. The van der Waals surface area contributed by atoms with Crippen LogP contribution >= 0.6 is 11.6 Å². The van der Waals surface area contributed by atoms with E-state index in [9.17, 15) is 9.59 Å². The minimum Gasteiger partial charge on any atom is -0.325 e. The number of carbonyl (C=O) groups excluding carboxylic acids is 2. The van der Waals surface area contributed by atoms with Gasteiger partial charge in [0.15, 0.2) is 0 Å². The highest BCUT2D eigenvalue weighted by atomic mass is 35.5. The number of benzene rings is 2. The number of amides is 2. The molecule has 0 aliphatic carbocycles. The van der Waals surface area contributed by atoms with Crippen molar-refractivity contribution in [3.8, 4) is 0 Å². The van der Waals surface area contributed by atoms with Gasteiger partial charge in [0.2, 0.25) is 11.8 Å². The average molecular weight is 371 g/mol. The van der Waals surface area contributed by atoms with Gasteiger partial charge in [0.05, 0.1) is 5.92 Å². The van der Waals surface area contributed by atoms with Gasteiger partial charge < -0.3 is 10.2 Å². The minimum absolute atomic E-state index is 0.0483. The first-order valence-corrected chi connectivity index (χ1v) is 9.10. The zero-order valence-electron chi connectivity index (χ0n) is 15.5. The smallest absolute Gasteiger partial charge is 0.229 e. The summed E-state index contributed by atoms with van der Waals surface area (Å²) >= 11 is 6.18. The standard InChI is InChI=1S/C21H23ClN2O2/c1-12-8-13(2)20(14(3)9-12)23-21(26)16-10-19(25)24(11-16)18-7-5-6-17(22)15(18)4/h5-9,16H,10-11H2,1-4H3,(H,23,26)/t16-/m1/s1. The van der Waals surface area contributed by atoms with Crippen molar-refractivity contribution < 1.29 is 9.59 Å². The number of carbonyl (C=O) groups is 2. The Morgan fingerprint density at radius 3 is 2.46 bits per heavy atom. The van der Waals surface area contributed by atoms with Gasteiger partial charge >= 0.3 is 0 Å². The fraction of sp³-hybridized carbons (Fsp3) is 0.333. The first-order chi connectivity index (χ1) is 12.3. The van der Waals surface area contributed by atoms with E-state index in [0.29, 0.717) is 11.6 Å². The van der Waals surface area contributed by atoms with Crippen molar-refractivity contribution >= 4 is 34.8 Å². The number of hydrogen-bond acceptors (Lipinski definition) is 2. The molecule has 1 fully saturated rings. The molecule has 0 spiro atoms. The summed E-state index contributed by atoms with van der Waals surface area (Å²) in [7, 11) is 0. The van der Waals surface area contributed by atoms with E-state index >= 15 is 0 Å². The Balaban J connectivity index is 1.79. The molecule has 0 radical (unpaired) electrons. The molecular formula is C21H23ClN2O2. The van der Waals surface area contributed by atoms with Crippen molar-refractivity contribution in [2.75, 3.05) is 16.8 Å². The Bertz CT molecular complexity index is 869. The molecule has 0 saturated carbocycles. The van der Waals surface area contributed by atoms with Crippen LogP contribution in [0.25, 0.3) is 0 Å². The van der Waals surface area contributed by atoms with Crippen molar-refractivity contribution in [2.24, 2.45) is 5.92 Å². The largest absolute Gasteiger partial charge is 0.325 e. The third-order valence-corrected chi connectivity index (χ3v) is 5.36. The highest BCUT2D eigenvalue weighted by Gasteiger charge is 2.36. The van der Waals surface area contributed by atoms with Gasteiger partial charge in [-0.05, 0) is 56.5 Å². The molecule has 4 nitrogen and oxygen atoms in total. The van der Waals surface area contributed by atoms with Crippen molar-refractivity contribution in [3.05, 3.63) is 57.6 Å². The lowest BCUT2D eigenvalue weighted by atomic mass is 10.0. The van der Waals surface area contributed by atoms with Gasteiger partial charge in [0, 0.05) is 29.4 Å². The Hall–Kier alpha value is -2.33. The van der Waals surface area contributed by atoms with Gasteiger partial charge in [-0.15, -0.1) is 0 Å². The number of halogens is 1. The normalized spacial score (nSPS) is 16.9. The summed E-state index contributed by atoms with van der Waals surface area (Å²) in [5.41, 5.74) is 5.70. The molecule has 1 N–H and O–H groups in total. The van der Waals surface area contributed by atoms with Crippen LogP contribution in [0.1, 0.15) is 28.7 Å².